The molecule has 1 aromatic heterocycles. The molecular weight excluding hydrogens is 350 g/mol. The van der Waals surface area contributed by atoms with E-state index in [1.165, 1.54) is 18.9 Å². The van der Waals surface area contributed by atoms with Crippen LogP contribution in [0.5, 0.6) is 0 Å². The zero-order valence-electron chi connectivity index (χ0n) is 14.6. The van der Waals surface area contributed by atoms with Crippen molar-refractivity contribution < 1.29 is 14.3 Å². The number of ether oxygens (including phenoxy) is 1. The standard InChI is InChI=1S/C19H21N3O3S/c1-25-19(24)22-12-9-14(10-13-22)21-17(23)16-8-5-11-20-18(16)26-15-6-3-2-4-7-15/h2-8,11,14H,9-10,12-13H2,1H3,(H,21,23). The summed E-state index contributed by atoms with van der Waals surface area (Å²) in [5.41, 5.74) is 0.566. The number of carbonyl (C=O) groups is 2. The lowest BCUT2D eigenvalue weighted by atomic mass is 10.0. The second-order valence-corrected chi connectivity index (χ2v) is 7.04. The van der Waals surface area contributed by atoms with Gasteiger partial charge in [-0.1, -0.05) is 30.0 Å². The fraction of sp³-hybridized carbons (Fsp3) is 0.316. The summed E-state index contributed by atoms with van der Waals surface area (Å²) in [5.74, 6) is -0.131. The zero-order valence-corrected chi connectivity index (χ0v) is 15.4. The third-order valence-corrected chi connectivity index (χ3v) is 5.26. The molecule has 1 saturated heterocycles. The minimum atomic E-state index is -0.316. The molecule has 26 heavy (non-hydrogen) atoms. The van der Waals surface area contributed by atoms with Crippen molar-refractivity contribution in [1.82, 2.24) is 15.2 Å². The number of nitrogens with zero attached hydrogens (tertiary/aromatic N) is 2. The predicted octanol–water partition coefficient (Wildman–Crippen LogP) is 3.19. The fourth-order valence-corrected chi connectivity index (χ4v) is 3.74. The summed E-state index contributed by atoms with van der Waals surface area (Å²) in [5, 5.41) is 3.75. The van der Waals surface area contributed by atoms with Crippen LogP contribution in [0.25, 0.3) is 0 Å². The minimum absolute atomic E-state index is 0.0400. The summed E-state index contributed by atoms with van der Waals surface area (Å²) in [7, 11) is 1.38. The van der Waals surface area contributed by atoms with Crippen LogP contribution in [0.15, 0.2) is 58.6 Å². The molecule has 0 unspecified atom stereocenters. The number of hydrogen-bond donors (Lipinski definition) is 1. The average Bonchev–Trinajstić information content (AvgIpc) is 2.69. The van der Waals surface area contributed by atoms with E-state index < -0.39 is 0 Å². The van der Waals surface area contributed by atoms with Crippen LogP contribution in [0, 0.1) is 0 Å². The molecule has 0 saturated carbocycles. The first-order valence-electron chi connectivity index (χ1n) is 8.49. The molecule has 6 nitrogen and oxygen atoms in total. The Morgan fingerprint density at radius 3 is 2.58 bits per heavy atom. The number of methoxy groups -OCH3 is 1. The number of hydrogen-bond acceptors (Lipinski definition) is 5. The molecule has 2 amide bonds. The molecule has 3 rings (SSSR count). The highest BCUT2D eigenvalue weighted by molar-refractivity contribution is 7.99. The topological polar surface area (TPSA) is 71.5 Å². The third kappa shape index (κ3) is 4.54. The van der Waals surface area contributed by atoms with Crippen LogP contribution in [-0.4, -0.2) is 48.1 Å². The summed E-state index contributed by atoms with van der Waals surface area (Å²) in [6.07, 6.45) is 2.80. The van der Waals surface area contributed by atoms with Crippen LogP contribution in [0.3, 0.4) is 0 Å². The van der Waals surface area contributed by atoms with E-state index in [9.17, 15) is 9.59 Å². The fourth-order valence-electron chi connectivity index (χ4n) is 2.84. The lowest BCUT2D eigenvalue weighted by Crippen LogP contribution is -2.46. The van der Waals surface area contributed by atoms with Crippen LogP contribution >= 0.6 is 11.8 Å². The average molecular weight is 371 g/mol. The maximum atomic E-state index is 12.7. The van der Waals surface area contributed by atoms with Crippen LogP contribution in [0.4, 0.5) is 4.79 Å². The maximum absolute atomic E-state index is 12.7. The van der Waals surface area contributed by atoms with Gasteiger partial charge in [0.25, 0.3) is 5.91 Å². The van der Waals surface area contributed by atoms with Gasteiger partial charge >= 0.3 is 6.09 Å². The summed E-state index contributed by atoms with van der Waals surface area (Å²) >= 11 is 1.47. The van der Waals surface area contributed by atoms with E-state index >= 15 is 0 Å². The van der Waals surface area contributed by atoms with Crippen LogP contribution in [0.1, 0.15) is 23.2 Å². The van der Waals surface area contributed by atoms with Gasteiger partial charge in [0.05, 0.1) is 12.7 Å². The normalized spacial score (nSPS) is 14.7. The van der Waals surface area contributed by atoms with Crippen molar-refractivity contribution in [2.75, 3.05) is 20.2 Å². The molecule has 1 aliphatic rings. The minimum Gasteiger partial charge on any atom is -0.453 e. The van der Waals surface area contributed by atoms with E-state index in [0.29, 0.717) is 36.5 Å². The second kappa shape index (κ2) is 8.71. The van der Waals surface area contributed by atoms with Gasteiger partial charge in [0, 0.05) is 30.2 Å². The van der Waals surface area contributed by atoms with E-state index in [-0.39, 0.29) is 18.0 Å². The van der Waals surface area contributed by atoms with Gasteiger partial charge in [-0.25, -0.2) is 9.78 Å². The first-order chi connectivity index (χ1) is 12.7. The maximum Gasteiger partial charge on any atom is 0.409 e. The van der Waals surface area contributed by atoms with Crippen molar-refractivity contribution >= 4 is 23.8 Å². The lowest BCUT2D eigenvalue weighted by molar-refractivity contribution is 0.0889. The molecule has 2 heterocycles. The highest BCUT2D eigenvalue weighted by Crippen LogP contribution is 2.28. The second-order valence-electron chi connectivity index (χ2n) is 5.98. The number of pyridine rings is 1. The number of rotatable bonds is 4. The van der Waals surface area contributed by atoms with Crippen LogP contribution in [-0.2, 0) is 4.74 Å². The number of carbonyl (C=O) groups excluding carboxylic acids is 2. The highest BCUT2D eigenvalue weighted by atomic mass is 32.2. The molecule has 136 valence electrons. The van der Waals surface area contributed by atoms with Crippen molar-refractivity contribution in [3.63, 3.8) is 0 Å². The Kier molecular flexibility index (Phi) is 6.12. The van der Waals surface area contributed by atoms with E-state index in [2.05, 4.69) is 10.3 Å². The Morgan fingerprint density at radius 1 is 1.15 bits per heavy atom. The molecule has 1 aliphatic heterocycles. The number of nitrogens with one attached hydrogen (secondary N) is 1. The molecule has 0 atom stereocenters. The van der Waals surface area contributed by atoms with E-state index in [1.807, 2.05) is 30.3 Å². The van der Waals surface area contributed by atoms with Crippen molar-refractivity contribution in [2.24, 2.45) is 0 Å². The lowest BCUT2D eigenvalue weighted by Gasteiger charge is -2.31. The molecule has 7 heteroatoms. The number of piperidine rings is 1. The van der Waals surface area contributed by atoms with Crippen LogP contribution in [0.2, 0.25) is 0 Å². The first kappa shape index (κ1) is 18.3. The van der Waals surface area contributed by atoms with Gasteiger partial charge in [-0.2, -0.15) is 0 Å². The Hall–Kier alpha value is -2.54. The largest absolute Gasteiger partial charge is 0.453 e. The smallest absolute Gasteiger partial charge is 0.409 e. The Labute approximate surface area is 156 Å². The summed E-state index contributed by atoms with van der Waals surface area (Å²) in [6.45, 7) is 1.16. The number of aromatic nitrogens is 1. The third-order valence-electron chi connectivity index (χ3n) is 4.24. The number of likely N-dealkylation sites (tertiary alicyclic amines) is 1. The summed E-state index contributed by atoms with van der Waals surface area (Å²) in [6, 6.07) is 13.4. The Morgan fingerprint density at radius 2 is 1.88 bits per heavy atom. The van der Waals surface area contributed by atoms with Crippen molar-refractivity contribution in [1.29, 1.82) is 0 Å². The molecule has 0 aliphatic carbocycles. The van der Waals surface area contributed by atoms with Crippen molar-refractivity contribution in [3.05, 3.63) is 54.2 Å². The van der Waals surface area contributed by atoms with Gasteiger partial charge in [0.2, 0.25) is 0 Å². The van der Waals surface area contributed by atoms with Gasteiger partial charge in [-0.3, -0.25) is 4.79 Å². The van der Waals surface area contributed by atoms with Gasteiger partial charge in [-0.05, 0) is 37.1 Å². The molecule has 0 bridgehead atoms. The van der Waals surface area contributed by atoms with E-state index in [4.69, 9.17) is 4.74 Å². The SMILES string of the molecule is COC(=O)N1CCC(NC(=O)c2cccnc2Sc2ccccc2)CC1. The molecule has 1 N–H and O–H groups in total. The predicted molar refractivity (Wildman–Crippen MR) is 99.3 cm³/mol. The summed E-state index contributed by atoms with van der Waals surface area (Å²) < 4.78 is 4.74. The number of benzene rings is 1. The van der Waals surface area contributed by atoms with Gasteiger partial charge < -0.3 is 15.0 Å². The van der Waals surface area contributed by atoms with E-state index in [1.54, 1.807) is 23.2 Å². The quantitative estimate of drug-likeness (QED) is 0.894. The molecule has 2 aromatic rings. The van der Waals surface area contributed by atoms with Crippen molar-refractivity contribution in [3.8, 4) is 0 Å². The highest BCUT2D eigenvalue weighted by Gasteiger charge is 2.25. The van der Waals surface area contributed by atoms with Crippen molar-refractivity contribution in [2.45, 2.75) is 28.8 Å². The van der Waals surface area contributed by atoms with E-state index in [0.717, 1.165) is 4.90 Å². The first-order valence-corrected chi connectivity index (χ1v) is 9.30. The summed E-state index contributed by atoms with van der Waals surface area (Å²) in [4.78, 5) is 31.3. The van der Waals surface area contributed by atoms with Gasteiger partial charge in [-0.15, -0.1) is 0 Å². The van der Waals surface area contributed by atoms with Crippen LogP contribution < -0.4 is 5.32 Å². The number of amides is 2. The molecule has 0 radical (unpaired) electrons. The molecule has 0 spiro atoms. The molecule has 1 fully saturated rings. The molecular formula is C19H21N3O3S. The zero-order chi connectivity index (χ0) is 18.4. The van der Waals surface area contributed by atoms with Gasteiger partial charge in [0.15, 0.2) is 0 Å². The monoisotopic (exact) mass is 371 g/mol. The Balaban J connectivity index is 1.63. The molecule has 1 aromatic carbocycles. The van der Waals surface area contributed by atoms with Gasteiger partial charge in [0.1, 0.15) is 5.03 Å². The Bertz CT molecular complexity index is 762.